The number of carbonyl (C=O) groups is 1. The van der Waals surface area contributed by atoms with Crippen LogP contribution in [0.15, 0.2) is 29.7 Å². The Kier molecular flexibility index (Phi) is 4.86. The van der Waals surface area contributed by atoms with Crippen molar-refractivity contribution in [2.24, 2.45) is 7.05 Å². The van der Waals surface area contributed by atoms with Crippen molar-refractivity contribution in [3.8, 4) is 11.4 Å². The molecule has 8 nitrogen and oxygen atoms in total. The van der Waals surface area contributed by atoms with Gasteiger partial charge >= 0.3 is 0 Å². The minimum absolute atomic E-state index is 0.0273. The Labute approximate surface area is 144 Å². The van der Waals surface area contributed by atoms with E-state index >= 15 is 0 Å². The molecule has 1 amide bonds. The van der Waals surface area contributed by atoms with Gasteiger partial charge in [0, 0.05) is 31.0 Å². The van der Waals surface area contributed by atoms with Gasteiger partial charge in [0.1, 0.15) is 0 Å². The van der Waals surface area contributed by atoms with E-state index in [9.17, 15) is 13.2 Å². The molecule has 3 heterocycles. The highest BCUT2D eigenvalue weighted by Gasteiger charge is 2.28. The predicted molar refractivity (Wildman–Crippen MR) is 90.2 cm³/mol. The molecule has 1 aliphatic rings. The number of aromatic nitrogens is 4. The lowest BCUT2D eigenvalue weighted by Crippen LogP contribution is -2.36. The monoisotopic (exact) mass is 367 g/mol. The molecule has 3 rings (SSSR count). The van der Waals surface area contributed by atoms with Crippen molar-refractivity contribution in [1.82, 2.24) is 25.1 Å². The molecular formula is C14H17N5O3S2. The van der Waals surface area contributed by atoms with E-state index in [-0.39, 0.29) is 29.2 Å². The largest absolute Gasteiger partial charge is 0.352 e. The lowest BCUT2D eigenvalue weighted by Gasteiger charge is -2.10. The van der Waals surface area contributed by atoms with Crippen LogP contribution in [0, 0.1) is 0 Å². The fraction of sp³-hybridized carbons (Fsp3) is 0.429. The van der Waals surface area contributed by atoms with E-state index in [2.05, 4.69) is 20.5 Å². The van der Waals surface area contributed by atoms with Crippen LogP contribution in [0.5, 0.6) is 0 Å². The zero-order chi connectivity index (χ0) is 17.2. The molecule has 10 heteroatoms. The van der Waals surface area contributed by atoms with Crippen LogP contribution in [-0.2, 0) is 21.7 Å². The van der Waals surface area contributed by atoms with Gasteiger partial charge in [0.2, 0.25) is 5.91 Å². The number of nitrogens with zero attached hydrogens (tertiary/aromatic N) is 4. The summed E-state index contributed by atoms with van der Waals surface area (Å²) in [5.41, 5.74) is 0.896. The van der Waals surface area contributed by atoms with Crippen molar-refractivity contribution in [2.45, 2.75) is 17.6 Å². The second-order valence-electron chi connectivity index (χ2n) is 5.56. The van der Waals surface area contributed by atoms with Gasteiger partial charge in [-0.05, 0) is 18.6 Å². The van der Waals surface area contributed by atoms with Gasteiger partial charge in [0.25, 0.3) is 0 Å². The Hall–Kier alpha value is -1.94. The normalized spacial score (nSPS) is 19.3. The van der Waals surface area contributed by atoms with Gasteiger partial charge in [-0.15, -0.1) is 10.2 Å². The molecule has 0 radical (unpaired) electrons. The van der Waals surface area contributed by atoms with E-state index < -0.39 is 9.84 Å². The maximum Gasteiger partial charge on any atom is 0.230 e. The Morgan fingerprint density at radius 1 is 1.38 bits per heavy atom. The average molecular weight is 367 g/mol. The molecule has 2 aromatic rings. The average Bonchev–Trinajstić information content (AvgIpc) is 3.08. The molecule has 0 aromatic carbocycles. The number of thioether (sulfide) groups is 1. The first kappa shape index (κ1) is 16.9. The third kappa shape index (κ3) is 3.93. The smallest absolute Gasteiger partial charge is 0.230 e. The highest BCUT2D eigenvalue weighted by Crippen LogP contribution is 2.22. The molecule has 24 heavy (non-hydrogen) atoms. The number of sulfone groups is 1. The van der Waals surface area contributed by atoms with Crippen molar-refractivity contribution < 1.29 is 13.2 Å². The molecule has 1 N–H and O–H groups in total. The summed E-state index contributed by atoms with van der Waals surface area (Å²) in [6.45, 7) is 0. The van der Waals surface area contributed by atoms with Crippen LogP contribution in [0.25, 0.3) is 11.4 Å². The van der Waals surface area contributed by atoms with Crippen LogP contribution in [0.2, 0.25) is 0 Å². The summed E-state index contributed by atoms with van der Waals surface area (Å²) in [4.78, 5) is 15.9. The van der Waals surface area contributed by atoms with Crippen LogP contribution in [0.3, 0.4) is 0 Å². The summed E-state index contributed by atoms with van der Waals surface area (Å²) in [5.74, 6) is 0.833. The molecular weight excluding hydrogens is 350 g/mol. The first-order chi connectivity index (χ1) is 11.4. The van der Waals surface area contributed by atoms with Crippen LogP contribution < -0.4 is 5.32 Å². The highest BCUT2D eigenvalue weighted by molar-refractivity contribution is 7.99. The molecule has 1 fully saturated rings. The number of nitrogens with one attached hydrogen (secondary N) is 1. The van der Waals surface area contributed by atoms with Crippen molar-refractivity contribution in [2.75, 3.05) is 17.3 Å². The predicted octanol–water partition coefficient (Wildman–Crippen LogP) is 0.273. The van der Waals surface area contributed by atoms with Gasteiger partial charge in [-0.25, -0.2) is 8.42 Å². The Bertz CT molecular complexity index is 835. The van der Waals surface area contributed by atoms with Gasteiger partial charge in [-0.1, -0.05) is 11.8 Å². The first-order valence-electron chi connectivity index (χ1n) is 7.37. The summed E-state index contributed by atoms with van der Waals surface area (Å²) >= 11 is 1.27. The quantitative estimate of drug-likeness (QED) is 0.756. The van der Waals surface area contributed by atoms with E-state index in [1.54, 1.807) is 12.4 Å². The highest BCUT2D eigenvalue weighted by atomic mass is 32.2. The molecule has 1 saturated heterocycles. The van der Waals surface area contributed by atoms with Gasteiger partial charge in [-0.2, -0.15) is 0 Å². The fourth-order valence-corrected chi connectivity index (χ4v) is 4.90. The Morgan fingerprint density at radius 3 is 2.79 bits per heavy atom. The molecule has 0 spiro atoms. The van der Waals surface area contributed by atoms with Crippen LogP contribution >= 0.6 is 11.8 Å². The molecule has 1 atom stereocenters. The second-order valence-corrected chi connectivity index (χ2v) is 8.73. The van der Waals surface area contributed by atoms with E-state index in [4.69, 9.17) is 0 Å². The zero-order valence-corrected chi connectivity index (χ0v) is 14.7. The number of pyridine rings is 1. The number of amides is 1. The molecule has 2 aromatic heterocycles. The number of rotatable bonds is 5. The van der Waals surface area contributed by atoms with Crippen LogP contribution in [0.4, 0.5) is 0 Å². The number of carbonyl (C=O) groups excluding carboxylic acids is 1. The van der Waals surface area contributed by atoms with E-state index in [0.29, 0.717) is 17.4 Å². The molecule has 0 bridgehead atoms. The van der Waals surface area contributed by atoms with E-state index in [1.165, 1.54) is 11.8 Å². The van der Waals surface area contributed by atoms with Gasteiger partial charge in [0.15, 0.2) is 20.8 Å². The minimum Gasteiger partial charge on any atom is -0.352 e. The molecule has 0 unspecified atom stereocenters. The van der Waals surface area contributed by atoms with Crippen molar-refractivity contribution in [1.29, 1.82) is 0 Å². The summed E-state index contributed by atoms with van der Waals surface area (Å²) in [6, 6.07) is 3.40. The molecule has 1 aliphatic heterocycles. The Balaban J connectivity index is 1.57. The summed E-state index contributed by atoms with van der Waals surface area (Å²) in [5, 5.41) is 11.6. The second kappa shape index (κ2) is 6.89. The number of hydrogen-bond donors (Lipinski definition) is 1. The lowest BCUT2D eigenvalue weighted by atomic mass is 10.2. The topological polar surface area (TPSA) is 107 Å². The van der Waals surface area contributed by atoms with Gasteiger partial charge in [0.05, 0.1) is 17.3 Å². The number of hydrogen-bond acceptors (Lipinski definition) is 7. The Morgan fingerprint density at radius 2 is 2.12 bits per heavy atom. The summed E-state index contributed by atoms with van der Waals surface area (Å²) in [6.07, 6.45) is 3.84. The SMILES string of the molecule is Cn1c(SCC(=O)N[C@H]2CCS(=O)(=O)C2)nnc1-c1ccncc1. The molecule has 0 saturated carbocycles. The maximum absolute atomic E-state index is 12.0. The third-order valence-electron chi connectivity index (χ3n) is 3.70. The van der Waals surface area contributed by atoms with Gasteiger partial charge < -0.3 is 9.88 Å². The van der Waals surface area contributed by atoms with Gasteiger partial charge in [-0.3, -0.25) is 9.78 Å². The molecule has 0 aliphatic carbocycles. The van der Waals surface area contributed by atoms with E-state index in [0.717, 1.165) is 5.56 Å². The summed E-state index contributed by atoms with van der Waals surface area (Å²) in [7, 11) is -1.16. The molecule has 128 valence electrons. The zero-order valence-electron chi connectivity index (χ0n) is 13.0. The van der Waals surface area contributed by atoms with Crippen LogP contribution in [-0.4, -0.2) is 57.4 Å². The fourth-order valence-electron chi connectivity index (χ4n) is 2.50. The summed E-state index contributed by atoms with van der Waals surface area (Å²) < 4.78 is 24.6. The van der Waals surface area contributed by atoms with Crippen molar-refractivity contribution in [3.05, 3.63) is 24.5 Å². The van der Waals surface area contributed by atoms with E-state index in [1.807, 2.05) is 23.7 Å². The van der Waals surface area contributed by atoms with Crippen molar-refractivity contribution in [3.63, 3.8) is 0 Å². The lowest BCUT2D eigenvalue weighted by molar-refractivity contribution is -0.119. The van der Waals surface area contributed by atoms with Crippen LogP contribution in [0.1, 0.15) is 6.42 Å². The maximum atomic E-state index is 12.0. The first-order valence-corrected chi connectivity index (χ1v) is 10.2. The standard InChI is InChI=1S/C14H17N5O3S2/c1-19-13(10-2-5-15-6-3-10)17-18-14(19)23-8-12(20)16-11-4-7-24(21,22)9-11/h2-3,5-6,11H,4,7-9H2,1H3,(H,16,20)/t11-/m0/s1. The third-order valence-corrected chi connectivity index (χ3v) is 6.49. The minimum atomic E-state index is -3.00. The van der Waals surface area contributed by atoms with Crippen molar-refractivity contribution >= 4 is 27.5 Å².